The maximum atomic E-state index is 13.2. The fourth-order valence-corrected chi connectivity index (χ4v) is 1.51. The molecule has 3 nitrogen and oxygen atoms in total. The highest BCUT2D eigenvalue weighted by Crippen LogP contribution is 2.32. The van der Waals surface area contributed by atoms with E-state index < -0.39 is 18.6 Å². The summed E-state index contributed by atoms with van der Waals surface area (Å²) in [5.74, 6) is -3.29. The van der Waals surface area contributed by atoms with Crippen LogP contribution in [-0.4, -0.2) is 22.7 Å². The molecule has 0 aliphatic heterocycles. The van der Waals surface area contributed by atoms with Crippen LogP contribution in [0.25, 0.3) is 0 Å². The Kier molecular flexibility index (Phi) is 5.32. The van der Waals surface area contributed by atoms with E-state index in [-0.39, 0.29) is 23.7 Å². The molecule has 17 heavy (non-hydrogen) atoms. The molecule has 0 unspecified atom stereocenters. The van der Waals surface area contributed by atoms with E-state index >= 15 is 0 Å². The third-order valence-corrected chi connectivity index (χ3v) is 2.54. The molecule has 1 aromatic rings. The Morgan fingerprint density at radius 3 is 2.06 bits per heavy atom. The van der Waals surface area contributed by atoms with Crippen molar-refractivity contribution in [3.8, 4) is 5.75 Å². The molecule has 98 valence electrons. The van der Waals surface area contributed by atoms with Crippen LogP contribution in [0.1, 0.15) is 22.7 Å². The number of rotatable bonds is 3. The lowest BCUT2D eigenvalue weighted by Gasteiger charge is -2.22. The summed E-state index contributed by atoms with van der Waals surface area (Å²) in [6.07, 6.45) is 0. The van der Waals surface area contributed by atoms with E-state index in [4.69, 9.17) is 10.8 Å². The van der Waals surface area contributed by atoms with E-state index in [1.165, 1.54) is 12.1 Å². The SMILES string of the molecule is Cc1cc([C@@H](N)C(F)(F)CO)cc(C)c1O.Cl. The van der Waals surface area contributed by atoms with Gasteiger partial charge in [-0.2, -0.15) is 0 Å². The number of aliphatic hydroxyl groups is 1. The first-order chi connectivity index (χ1) is 7.29. The Labute approximate surface area is 105 Å². The Morgan fingerprint density at radius 2 is 1.71 bits per heavy atom. The molecule has 4 N–H and O–H groups in total. The minimum Gasteiger partial charge on any atom is -0.507 e. The zero-order valence-corrected chi connectivity index (χ0v) is 10.4. The molecule has 1 atom stereocenters. The number of nitrogens with two attached hydrogens (primary N) is 1. The molecule has 0 aliphatic rings. The lowest BCUT2D eigenvalue weighted by Crippen LogP contribution is -2.36. The molecule has 0 heterocycles. The first-order valence-electron chi connectivity index (χ1n) is 4.84. The van der Waals surface area contributed by atoms with Gasteiger partial charge in [0.2, 0.25) is 0 Å². The molecule has 0 spiro atoms. The van der Waals surface area contributed by atoms with Gasteiger partial charge in [0.1, 0.15) is 12.4 Å². The van der Waals surface area contributed by atoms with Gasteiger partial charge in [-0.15, -0.1) is 12.4 Å². The number of alkyl halides is 2. The lowest BCUT2D eigenvalue weighted by atomic mass is 9.97. The van der Waals surface area contributed by atoms with E-state index in [1.807, 2.05) is 0 Å². The maximum absolute atomic E-state index is 13.2. The number of aromatic hydroxyl groups is 1. The summed E-state index contributed by atoms with van der Waals surface area (Å²) in [4.78, 5) is 0. The minimum absolute atomic E-state index is 0. The van der Waals surface area contributed by atoms with Gasteiger partial charge in [0.15, 0.2) is 0 Å². The standard InChI is InChI=1S/C11H15F2NO2.ClH/c1-6-3-8(4-7(2)9(6)16)10(14)11(12,13)5-15;/h3-4,10,15-16H,5,14H2,1-2H3;1H/t10-;/m1./s1. The van der Waals surface area contributed by atoms with Crippen LogP contribution in [-0.2, 0) is 0 Å². The maximum Gasteiger partial charge on any atom is 0.289 e. The number of hydrogen-bond donors (Lipinski definition) is 3. The summed E-state index contributed by atoms with van der Waals surface area (Å²) >= 11 is 0. The van der Waals surface area contributed by atoms with Crippen molar-refractivity contribution in [2.45, 2.75) is 25.8 Å². The second-order valence-electron chi connectivity index (χ2n) is 3.90. The molecule has 0 aromatic heterocycles. The van der Waals surface area contributed by atoms with Gasteiger partial charge in [-0.25, -0.2) is 8.78 Å². The van der Waals surface area contributed by atoms with Gasteiger partial charge >= 0.3 is 0 Å². The second kappa shape index (κ2) is 5.62. The van der Waals surface area contributed by atoms with E-state index in [9.17, 15) is 13.9 Å². The lowest BCUT2D eigenvalue weighted by molar-refractivity contribution is -0.0712. The molecule has 1 aromatic carbocycles. The molecule has 0 saturated heterocycles. The highest BCUT2D eigenvalue weighted by Gasteiger charge is 2.37. The largest absolute Gasteiger partial charge is 0.507 e. The number of benzene rings is 1. The molecule has 0 fully saturated rings. The zero-order chi connectivity index (χ0) is 12.5. The Hall–Kier alpha value is -0.910. The van der Waals surface area contributed by atoms with Crippen molar-refractivity contribution < 1.29 is 19.0 Å². The Balaban J connectivity index is 0.00000256. The van der Waals surface area contributed by atoms with Gasteiger partial charge in [0, 0.05) is 0 Å². The minimum atomic E-state index is -3.37. The molecule has 0 radical (unpaired) electrons. The van der Waals surface area contributed by atoms with E-state index in [1.54, 1.807) is 13.8 Å². The molecule has 0 amide bonds. The molecule has 0 aliphatic carbocycles. The average Bonchev–Trinajstić information content (AvgIpc) is 2.24. The normalized spacial score (nSPS) is 13.1. The first kappa shape index (κ1) is 16.1. The van der Waals surface area contributed by atoms with Crippen LogP contribution in [0.5, 0.6) is 5.75 Å². The molecule has 6 heteroatoms. The van der Waals surface area contributed by atoms with E-state index in [0.717, 1.165) is 0 Å². The van der Waals surface area contributed by atoms with Gasteiger partial charge in [-0.1, -0.05) is 12.1 Å². The molecule has 0 saturated carbocycles. The second-order valence-corrected chi connectivity index (χ2v) is 3.90. The summed E-state index contributed by atoms with van der Waals surface area (Å²) in [6.45, 7) is 1.92. The van der Waals surface area contributed by atoms with Gasteiger partial charge in [-0.3, -0.25) is 0 Å². The van der Waals surface area contributed by atoms with Gasteiger partial charge < -0.3 is 15.9 Å². The quantitative estimate of drug-likeness (QED) is 0.785. The first-order valence-corrected chi connectivity index (χ1v) is 4.84. The van der Waals surface area contributed by atoms with E-state index in [0.29, 0.717) is 11.1 Å². The number of phenolic OH excluding ortho intramolecular Hbond substituents is 1. The van der Waals surface area contributed by atoms with Crippen LogP contribution in [0.15, 0.2) is 12.1 Å². The van der Waals surface area contributed by atoms with Crippen LogP contribution in [0.2, 0.25) is 0 Å². The molecule has 0 bridgehead atoms. The fourth-order valence-electron chi connectivity index (χ4n) is 1.51. The number of halogens is 3. The van der Waals surface area contributed by atoms with Crippen LogP contribution in [0.4, 0.5) is 8.78 Å². The smallest absolute Gasteiger partial charge is 0.289 e. The molecular formula is C11H16ClF2NO2. The van der Waals surface area contributed by atoms with Crippen molar-refractivity contribution >= 4 is 12.4 Å². The Bertz CT molecular complexity index is 376. The zero-order valence-electron chi connectivity index (χ0n) is 9.58. The van der Waals surface area contributed by atoms with Crippen molar-refractivity contribution in [2.75, 3.05) is 6.61 Å². The fraction of sp³-hybridized carbons (Fsp3) is 0.455. The van der Waals surface area contributed by atoms with Gasteiger partial charge in [0.05, 0.1) is 6.04 Å². The van der Waals surface area contributed by atoms with Crippen LogP contribution in [0, 0.1) is 13.8 Å². The summed E-state index contributed by atoms with van der Waals surface area (Å²) in [7, 11) is 0. The third kappa shape index (κ3) is 3.28. The van der Waals surface area contributed by atoms with Crippen molar-refractivity contribution in [3.63, 3.8) is 0 Å². The highest BCUT2D eigenvalue weighted by atomic mass is 35.5. The van der Waals surface area contributed by atoms with Gasteiger partial charge in [-0.05, 0) is 30.5 Å². The number of hydrogen-bond acceptors (Lipinski definition) is 3. The van der Waals surface area contributed by atoms with Crippen LogP contribution < -0.4 is 5.73 Å². The summed E-state index contributed by atoms with van der Waals surface area (Å²) < 4.78 is 26.3. The number of phenols is 1. The van der Waals surface area contributed by atoms with Crippen molar-refractivity contribution in [3.05, 3.63) is 28.8 Å². The topological polar surface area (TPSA) is 66.5 Å². The van der Waals surface area contributed by atoms with Crippen LogP contribution in [0.3, 0.4) is 0 Å². The van der Waals surface area contributed by atoms with Crippen LogP contribution >= 0.6 is 12.4 Å². The average molecular weight is 268 g/mol. The monoisotopic (exact) mass is 267 g/mol. The summed E-state index contributed by atoms with van der Waals surface area (Å²) in [6, 6.07) is 1.23. The van der Waals surface area contributed by atoms with Crippen molar-refractivity contribution in [1.82, 2.24) is 0 Å². The number of aryl methyl sites for hydroxylation is 2. The van der Waals surface area contributed by atoms with Gasteiger partial charge in [0.25, 0.3) is 5.92 Å². The van der Waals surface area contributed by atoms with Crippen molar-refractivity contribution in [1.29, 1.82) is 0 Å². The highest BCUT2D eigenvalue weighted by molar-refractivity contribution is 5.85. The molecular weight excluding hydrogens is 252 g/mol. The number of aliphatic hydroxyl groups excluding tert-OH is 1. The molecule has 1 rings (SSSR count). The summed E-state index contributed by atoms with van der Waals surface area (Å²) in [5, 5.41) is 18.0. The van der Waals surface area contributed by atoms with Crippen molar-refractivity contribution in [2.24, 2.45) is 5.73 Å². The predicted octanol–water partition coefficient (Wildman–Crippen LogP) is 2.06. The van der Waals surface area contributed by atoms with E-state index in [2.05, 4.69) is 0 Å². The third-order valence-electron chi connectivity index (χ3n) is 2.54. The predicted molar refractivity (Wildman–Crippen MR) is 63.8 cm³/mol. The Morgan fingerprint density at radius 1 is 1.29 bits per heavy atom. The summed E-state index contributed by atoms with van der Waals surface area (Å²) in [5.41, 5.74) is 6.55.